The van der Waals surface area contributed by atoms with Gasteiger partial charge < -0.3 is 5.32 Å². The molecule has 1 amide bonds. The summed E-state index contributed by atoms with van der Waals surface area (Å²) in [6.45, 7) is 3.43. The van der Waals surface area contributed by atoms with Crippen LogP contribution in [0.4, 0.5) is 31.1 Å². The van der Waals surface area contributed by atoms with Crippen LogP contribution in [-0.2, 0) is 12.4 Å². The lowest BCUT2D eigenvalue weighted by Crippen LogP contribution is -2.13. The van der Waals surface area contributed by atoms with Crippen molar-refractivity contribution in [2.24, 2.45) is 0 Å². The quantitative estimate of drug-likeness (QED) is 0.755. The number of benzene rings is 1. The zero-order valence-corrected chi connectivity index (χ0v) is 10.9. The SMILES string of the molecule is C=C1NC(=O)S[C@@H]1c1cc(C(F)(F)F)cc(C(F)(F)F)c1. The minimum atomic E-state index is -4.92. The van der Waals surface area contributed by atoms with E-state index in [4.69, 9.17) is 0 Å². The Labute approximate surface area is 119 Å². The summed E-state index contributed by atoms with van der Waals surface area (Å²) in [6, 6.07) is 1.23. The van der Waals surface area contributed by atoms with Gasteiger partial charge in [0.05, 0.1) is 16.4 Å². The van der Waals surface area contributed by atoms with Crippen molar-refractivity contribution < 1.29 is 31.1 Å². The lowest BCUT2D eigenvalue weighted by atomic mass is 10.0. The third kappa shape index (κ3) is 3.34. The van der Waals surface area contributed by atoms with Crippen molar-refractivity contribution in [3.8, 4) is 0 Å². The lowest BCUT2D eigenvalue weighted by Gasteiger charge is -2.16. The van der Waals surface area contributed by atoms with Gasteiger partial charge in [-0.15, -0.1) is 0 Å². The van der Waals surface area contributed by atoms with Gasteiger partial charge in [0.2, 0.25) is 0 Å². The second-order valence-electron chi connectivity index (χ2n) is 4.27. The summed E-state index contributed by atoms with van der Waals surface area (Å²) < 4.78 is 76.3. The van der Waals surface area contributed by atoms with Gasteiger partial charge >= 0.3 is 12.4 Å². The van der Waals surface area contributed by atoms with Gasteiger partial charge in [0, 0.05) is 5.70 Å². The van der Waals surface area contributed by atoms with Crippen molar-refractivity contribution in [1.82, 2.24) is 5.32 Å². The summed E-state index contributed by atoms with van der Waals surface area (Å²) >= 11 is 0.581. The first-order valence-electron chi connectivity index (χ1n) is 5.44. The van der Waals surface area contributed by atoms with E-state index in [-0.39, 0.29) is 17.3 Å². The van der Waals surface area contributed by atoms with E-state index in [2.05, 4.69) is 11.9 Å². The molecule has 21 heavy (non-hydrogen) atoms. The maximum atomic E-state index is 12.7. The Morgan fingerprint density at radius 2 is 1.48 bits per heavy atom. The van der Waals surface area contributed by atoms with Crippen LogP contribution in [0, 0.1) is 0 Å². The van der Waals surface area contributed by atoms with Gasteiger partial charge in [0.1, 0.15) is 0 Å². The molecule has 0 spiro atoms. The fourth-order valence-electron chi connectivity index (χ4n) is 1.80. The molecule has 1 aromatic rings. The topological polar surface area (TPSA) is 29.1 Å². The second kappa shape index (κ2) is 4.97. The highest BCUT2D eigenvalue weighted by atomic mass is 32.2. The molecule has 0 saturated carbocycles. The molecule has 0 aliphatic carbocycles. The average Bonchev–Trinajstić information content (AvgIpc) is 2.65. The minimum absolute atomic E-state index is 0.0428. The number of nitrogens with one attached hydrogen (secondary N) is 1. The summed E-state index contributed by atoms with van der Waals surface area (Å²) in [6.07, 6.45) is -9.84. The molecule has 1 saturated heterocycles. The predicted molar refractivity (Wildman–Crippen MR) is 64.4 cm³/mol. The first-order chi connectivity index (χ1) is 9.48. The zero-order chi connectivity index (χ0) is 16.0. The number of alkyl halides is 6. The van der Waals surface area contributed by atoms with E-state index in [0.717, 1.165) is 0 Å². The number of carbonyl (C=O) groups excluding carboxylic acids is 1. The summed E-state index contributed by atoms with van der Waals surface area (Å²) in [5.74, 6) is 0. The van der Waals surface area contributed by atoms with Crippen LogP contribution >= 0.6 is 11.8 Å². The third-order valence-corrected chi connectivity index (χ3v) is 3.83. The number of hydrogen-bond acceptors (Lipinski definition) is 2. The van der Waals surface area contributed by atoms with Crippen molar-refractivity contribution in [2.75, 3.05) is 0 Å². The van der Waals surface area contributed by atoms with Crippen molar-refractivity contribution in [1.29, 1.82) is 0 Å². The number of hydrogen-bond donors (Lipinski definition) is 1. The van der Waals surface area contributed by atoms with Crippen molar-refractivity contribution >= 4 is 17.0 Å². The molecule has 0 aromatic heterocycles. The van der Waals surface area contributed by atoms with E-state index in [1.54, 1.807) is 0 Å². The van der Waals surface area contributed by atoms with Crippen LogP contribution in [0.2, 0.25) is 0 Å². The Hall–Kier alpha value is -1.64. The molecule has 0 bridgehead atoms. The highest BCUT2D eigenvalue weighted by Gasteiger charge is 2.39. The van der Waals surface area contributed by atoms with E-state index in [0.29, 0.717) is 23.9 Å². The standard InChI is InChI=1S/C12H7F6NOS/c1-5-9(21-10(20)19-5)6-2-7(11(13,14)15)4-8(3-6)12(16,17)18/h2-4,9H,1H2,(H,19,20)/t9-/m0/s1. The predicted octanol–water partition coefficient (Wildman–Crippen LogP) is 4.74. The molecule has 0 unspecified atom stereocenters. The molecule has 1 aromatic carbocycles. The van der Waals surface area contributed by atoms with E-state index in [1.165, 1.54) is 0 Å². The Kier molecular flexibility index (Phi) is 3.73. The molecule has 2 nitrogen and oxygen atoms in total. The Balaban J connectivity index is 2.56. The average molecular weight is 327 g/mol. The van der Waals surface area contributed by atoms with Crippen molar-refractivity contribution in [2.45, 2.75) is 17.6 Å². The fraction of sp³-hybridized carbons (Fsp3) is 0.250. The third-order valence-electron chi connectivity index (χ3n) is 2.72. The molecule has 114 valence electrons. The monoisotopic (exact) mass is 327 g/mol. The normalized spacial score (nSPS) is 19.8. The van der Waals surface area contributed by atoms with Gasteiger partial charge in [-0.05, 0) is 23.8 Å². The maximum absolute atomic E-state index is 12.7. The zero-order valence-electron chi connectivity index (χ0n) is 10.1. The van der Waals surface area contributed by atoms with Crippen LogP contribution < -0.4 is 5.32 Å². The molecule has 0 radical (unpaired) electrons. The molecule has 1 N–H and O–H groups in total. The molecule has 1 aliphatic heterocycles. The largest absolute Gasteiger partial charge is 0.416 e. The van der Waals surface area contributed by atoms with E-state index in [9.17, 15) is 31.1 Å². The van der Waals surface area contributed by atoms with Crippen LogP contribution in [0.25, 0.3) is 0 Å². The van der Waals surface area contributed by atoms with Crippen LogP contribution in [0.5, 0.6) is 0 Å². The molecular weight excluding hydrogens is 320 g/mol. The first-order valence-corrected chi connectivity index (χ1v) is 6.32. The number of thioether (sulfide) groups is 1. The second-order valence-corrected chi connectivity index (χ2v) is 5.35. The lowest BCUT2D eigenvalue weighted by molar-refractivity contribution is -0.143. The number of halogens is 6. The van der Waals surface area contributed by atoms with Crippen LogP contribution in [-0.4, -0.2) is 5.24 Å². The smallest absolute Gasteiger partial charge is 0.320 e. The molecular formula is C12H7F6NOS. The Morgan fingerprint density at radius 3 is 1.81 bits per heavy atom. The summed E-state index contributed by atoms with van der Waals surface area (Å²) in [5, 5.41) is 0.690. The van der Waals surface area contributed by atoms with Crippen molar-refractivity contribution in [3.63, 3.8) is 0 Å². The molecule has 9 heteroatoms. The Morgan fingerprint density at radius 1 is 1.00 bits per heavy atom. The number of carbonyl (C=O) groups is 1. The summed E-state index contributed by atoms with van der Waals surface area (Å²) in [4.78, 5) is 11.1. The number of rotatable bonds is 1. The molecule has 1 aliphatic rings. The summed E-state index contributed by atoms with van der Waals surface area (Å²) in [5.41, 5.74) is -3.05. The van der Waals surface area contributed by atoms with Crippen molar-refractivity contribution in [3.05, 3.63) is 47.2 Å². The van der Waals surface area contributed by atoms with Gasteiger partial charge in [0.15, 0.2) is 0 Å². The van der Waals surface area contributed by atoms with E-state index < -0.39 is 34.0 Å². The molecule has 1 atom stereocenters. The minimum Gasteiger partial charge on any atom is -0.320 e. The molecule has 2 rings (SSSR count). The van der Waals surface area contributed by atoms with Crippen LogP contribution in [0.3, 0.4) is 0 Å². The van der Waals surface area contributed by atoms with E-state index >= 15 is 0 Å². The fourth-order valence-corrected chi connectivity index (χ4v) is 2.68. The maximum Gasteiger partial charge on any atom is 0.416 e. The molecule has 1 fully saturated rings. The Bertz CT molecular complexity index is 574. The first kappa shape index (κ1) is 15.7. The van der Waals surface area contributed by atoms with Gasteiger partial charge in [0.25, 0.3) is 5.24 Å². The molecule has 1 heterocycles. The van der Waals surface area contributed by atoms with Gasteiger partial charge in [-0.3, -0.25) is 4.79 Å². The van der Waals surface area contributed by atoms with Crippen LogP contribution in [0.1, 0.15) is 21.9 Å². The highest BCUT2D eigenvalue weighted by molar-refractivity contribution is 8.14. The van der Waals surface area contributed by atoms with Crippen LogP contribution in [0.15, 0.2) is 30.5 Å². The van der Waals surface area contributed by atoms with Gasteiger partial charge in [-0.25, -0.2) is 0 Å². The van der Waals surface area contributed by atoms with Gasteiger partial charge in [-0.2, -0.15) is 26.3 Å². The summed E-state index contributed by atoms with van der Waals surface area (Å²) in [7, 11) is 0. The highest BCUT2D eigenvalue weighted by Crippen LogP contribution is 2.43. The van der Waals surface area contributed by atoms with E-state index in [1.807, 2.05) is 0 Å². The number of amides is 1. The van der Waals surface area contributed by atoms with Gasteiger partial charge in [-0.1, -0.05) is 18.3 Å².